The minimum absolute atomic E-state index is 0.340. The summed E-state index contributed by atoms with van der Waals surface area (Å²) in [6.45, 7) is 4.76. The number of hydrogen-bond acceptors (Lipinski definition) is 7. The number of para-hydroxylation sites is 1. The van der Waals surface area contributed by atoms with Gasteiger partial charge in [-0.25, -0.2) is 9.97 Å². The fourth-order valence-electron chi connectivity index (χ4n) is 2.88. The van der Waals surface area contributed by atoms with Crippen LogP contribution in [0.25, 0.3) is 10.9 Å². The molecule has 128 valence electrons. The van der Waals surface area contributed by atoms with Crippen molar-refractivity contribution in [3.63, 3.8) is 0 Å². The van der Waals surface area contributed by atoms with Crippen molar-refractivity contribution in [1.29, 1.82) is 0 Å². The van der Waals surface area contributed by atoms with E-state index >= 15 is 0 Å². The molecule has 3 heterocycles. The highest BCUT2D eigenvalue weighted by atomic mass is 16.5. The first-order valence-corrected chi connectivity index (χ1v) is 8.20. The zero-order valence-corrected chi connectivity index (χ0v) is 14.0. The summed E-state index contributed by atoms with van der Waals surface area (Å²) in [5, 5.41) is 1.00. The second-order valence-electron chi connectivity index (χ2n) is 5.90. The third kappa shape index (κ3) is 3.06. The van der Waals surface area contributed by atoms with Gasteiger partial charge in [0.25, 0.3) is 0 Å². The number of aromatic nitrogens is 3. The Morgan fingerprint density at radius 1 is 1.12 bits per heavy atom. The predicted octanol–water partition coefficient (Wildman–Crippen LogP) is 2.54. The third-order valence-electron chi connectivity index (χ3n) is 4.17. The van der Waals surface area contributed by atoms with Crippen LogP contribution >= 0.6 is 0 Å². The number of nitrogen functional groups attached to an aromatic ring is 1. The van der Waals surface area contributed by atoms with Crippen molar-refractivity contribution in [3.05, 3.63) is 42.4 Å². The predicted molar refractivity (Wildman–Crippen MR) is 96.0 cm³/mol. The number of benzene rings is 1. The lowest BCUT2D eigenvalue weighted by Gasteiger charge is -2.28. The van der Waals surface area contributed by atoms with Gasteiger partial charge in [0.1, 0.15) is 17.5 Å². The highest BCUT2D eigenvalue weighted by molar-refractivity contribution is 5.85. The Balaban J connectivity index is 1.71. The van der Waals surface area contributed by atoms with Gasteiger partial charge in [0.2, 0.25) is 5.88 Å². The Morgan fingerprint density at radius 3 is 2.80 bits per heavy atom. The number of rotatable bonds is 3. The van der Waals surface area contributed by atoms with E-state index < -0.39 is 0 Å². The zero-order chi connectivity index (χ0) is 17.2. The van der Waals surface area contributed by atoms with Crippen molar-refractivity contribution in [2.24, 2.45) is 0 Å². The van der Waals surface area contributed by atoms with Gasteiger partial charge < -0.3 is 20.1 Å². The molecule has 0 amide bonds. The smallest absolute Gasteiger partial charge is 0.248 e. The summed E-state index contributed by atoms with van der Waals surface area (Å²) in [6.07, 6.45) is 1.47. The molecule has 2 N–H and O–H groups in total. The van der Waals surface area contributed by atoms with Crippen LogP contribution in [0.3, 0.4) is 0 Å². The molecule has 0 radical (unpaired) electrons. The van der Waals surface area contributed by atoms with Crippen molar-refractivity contribution in [1.82, 2.24) is 15.0 Å². The summed E-state index contributed by atoms with van der Waals surface area (Å²) >= 11 is 0. The highest BCUT2D eigenvalue weighted by Gasteiger charge is 2.19. The largest absolute Gasteiger partial charge is 0.435 e. The summed E-state index contributed by atoms with van der Waals surface area (Å²) in [6, 6.07) is 9.78. The number of morpholine rings is 1. The number of nitrogens with two attached hydrogens (primary N) is 1. The summed E-state index contributed by atoms with van der Waals surface area (Å²) in [7, 11) is 0. The molecule has 0 bridgehead atoms. The number of nitrogens with zero attached hydrogens (tertiary/aromatic N) is 4. The van der Waals surface area contributed by atoms with E-state index in [-0.39, 0.29) is 0 Å². The van der Waals surface area contributed by atoms with Crippen molar-refractivity contribution in [3.8, 4) is 11.6 Å². The number of pyridine rings is 1. The maximum absolute atomic E-state index is 6.28. The first-order valence-electron chi connectivity index (χ1n) is 8.20. The molecule has 0 unspecified atom stereocenters. The van der Waals surface area contributed by atoms with Gasteiger partial charge in [0, 0.05) is 24.2 Å². The molecule has 4 rings (SSSR count). The van der Waals surface area contributed by atoms with Crippen LogP contribution in [-0.4, -0.2) is 41.3 Å². The Bertz CT molecular complexity index is 909. The monoisotopic (exact) mass is 337 g/mol. The molecule has 3 aromatic rings. The van der Waals surface area contributed by atoms with E-state index in [1.807, 2.05) is 37.3 Å². The molecule has 0 spiro atoms. The maximum atomic E-state index is 6.28. The lowest BCUT2D eigenvalue weighted by molar-refractivity contribution is 0.122. The lowest BCUT2D eigenvalue weighted by atomic mass is 10.2. The fourth-order valence-corrected chi connectivity index (χ4v) is 2.88. The van der Waals surface area contributed by atoms with E-state index in [0.717, 1.165) is 29.7 Å². The number of hydrogen-bond donors (Lipinski definition) is 1. The summed E-state index contributed by atoms with van der Waals surface area (Å²) in [5.74, 6) is 1.64. The van der Waals surface area contributed by atoms with E-state index in [1.54, 1.807) is 0 Å². The van der Waals surface area contributed by atoms with Crippen molar-refractivity contribution < 1.29 is 9.47 Å². The van der Waals surface area contributed by atoms with Crippen LogP contribution < -0.4 is 15.4 Å². The molecule has 1 aliphatic rings. The van der Waals surface area contributed by atoms with Gasteiger partial charge in [0.15, 0.2) is 11.6 Å². The van der Waals surface area contributed by atoms with Crippen LogP contribution in [-0.2, 0) is 4.74 Å². The molecule has 0 atom stereocenters. The normalized spacial score (nSPS) is 14.7. The second-order valence-corrected chi connectivity index (χ2v) is 5.90. The molecule has 0 aliphatic carbocycles. The molecule has 7 nitrogen and oxygen atoms in total. The van der Waals surface area contributed by atoms with E-state index in [0.29, 0.717) is 36.3 Å². The van der Waals surface area contributed by atoms with Crippen LogP contribution in [0.5, 0.6) is 11.6 Å². The molecule has 1 aromatic carbocycles. The minimum Gasteiger partial charge on any atom is -0.435 e. The first kappa shape index (κ1) is 15.6. The van der Waals surface area contributed by atoms with Crippen molar-refractivity contribution in [2.75, 3.05) is 36.9 Å². The Hall–Kier alpha value is -2.93. The molecular weight excluding hydrogens is 318 g/mol. The molecule has 1 fully saturated rings. The van der Waals surface area contributed by atoms with Crippen LogP contribution in [0.15, 0.2) is 36.7 Å². The maximum Gasteiger partial charge on any atom is 0.248 e. The molecule has 0 saturated carbocycles. The lowest BCUT2D eigenvalue weighted by Crippen LogP contribution is -2.37. The quantitative estimate of drug-likeness (QED) is 0.786. The van der Waals surface area contributed by atoms with E-state index in [4.69, 9.17) is 15.2 Å². The molecule has 1 saturated heterocycles. The topological polar surface area (TPSA) is 86.4 Å². The van der Waals surface area contributed by atoms with Gasteiger partial charge in [-0.2, -0.15) is 4.98 Å². The summed E-state index contributed by atoms with van der Waals surface area (Å²) in [4.78, 5) is 15.2. The fraction of sp³-hybridized carbons (Fsp3) is 0.278. The van der Waals surface area contributed by atoms with Crippen LogP contribution in [0.1, 0.15) is 5.69 Å². The van der Waals surface area contributed by atoms with Gasteiger partial charge in [-0.3, -0.25) is 0 Å². The van der Waals surface area contributed by atoms with Gasteiger partial charge in [0.05, 0.1) is 13.2 Å². The van der Waals surface area contributed by atoms with E-state index in [9.17, 15) is 0 Å². The Morgan fingerprint density at radius 2 is 1.96 bits per heavy atom. The van der Waals surface area contributed by atoms with Crippen LogP contribution in [0.4, 0.5) is 11.5 Å². The molecular formula is C18H19N5O2. The number of fused-ring (bicyclic) bond motifs is 1. The van der Waals surface area contributed by atoms with Crippen LogP contribution in [0, 0.1) is 6.92 Å². The molecule has 2 aromatic heterocycles. The third-order valence-corrected chi connectivity index (χ3v) is 4.17. The van der Waals surface area contributed by atoms with Gasteiger partial charge >= 0.3 is 0 Å². The average molecular weight is 337 g/mol. The van der Waals surface area contributed by atoms with Crippen molar-refractivity contribution >= 4 is 22.4 Å². The van der Waals surface area contributed by atoms with Gasteiger partial charge in [-0.05, 0) is 19.1 Å². The van der Waals surface area contributed by atoms with Gasteiger partial charge in [-0.15, -0.1) is 0 Å². The Labute approximate surface area is 145 Å². The standard InChI is InChI=1S/C18H19N5O2/c1-12-5-6-13-3-2-4-14(16(13)22-12)25-18-15(19)17(20-11-21-18)23-7-9-24-10-8-23/h2-6,11H,7-10,19H2,1H3. The van der Waals surface area contributed by atoms with Crippen LogP contribution in [0.2, 0.25) is 0 Å². The zero-order valence-electron chi connectivity index (χ0n) is 14.0. The molecule has 1 aliphatic heterocycles. The van der Waals surface area contributed by atoms with E-state index in [2.05, 4.69) is 19.9 Å². The minimum atomic E-state index is 0.340. The van der Waals surface area contributed by atoms with E-state index in [1.165, 1.54) is 6.33 Å². The number of anilines is 2. The van der Waals surface area contributed by atoms with Gasteiger partial charge in [-0.1, -0.05) is 18.2 Å². The highest BCUT2D eigenvalue weighted by Crippen LogP contribution is 2.34. The molecule has 25 heavy (non-hydrogen) atoms. The summed E-state index contributed by atoms with van der Waals surface area (Å²) < 4.78 is 11.4. The summed E-state index contributed by atoms with van der Waals surface area (Å²) in [5.41, 5.74) is 8.42. The SMILES string of the molecule is Cc1ccc2cccc(Oc3ncnc(N4CCOCC4)c3N)c2n1. The number of aryl methyl sites for hydroxylation is 1. The average Bonchev–Trinajstić information content (AvgIpc) is 2.64. The first-order chi connectivity index (χ1) is 12.2. The second kappa shape index (κ2) is 6.52. The van der Waals surface area contributed by atoms with Crippen molar-refractivity contribution in [2.45, 2.75) is 6.92 Å². The number of ether oxygens (including phenoxy) is 2. The molecule has 7 heteroatoms. The Kier molecular flexibility index (Phi) is 4.07.